The summed E-state index contributed by atoms with van der Waals surface area (Å²) >= 11 is 0. The van der Waals surface area contributed by atoms with Crippen LogP contribution in [0.4, 0.5) is 0 Å². The summed E-state index contributed by atoms with van der Waals surface area (Å²) < 4.78 is 5.32. The number of nitrogens with one attached hydrogen (secondary N) is 2. The summed E-state index contributed by atoms with van der Waals surface area (Å²) in [5.74, 6) is 0.973. The van der Waals surface area contributed by atoms with E-state index in [2.05, 4.69) is 36.3 Å². The van der Waals surface area contributed by atoms with Crippen LogP contribution in [0.5, 0.6) is 0 Å². The highest BCUT2D eigenvalue weighted by molar-refractivity contribution is 5.79. The molecule has 0 unspecified atom stereocenters. The Kier molecular flexibility index (Phi) is 11.1. The van der Waals surface area contributed by atoms with Crippen LogP contribution in [-0.2, 0) is 4.74 Å². The Balaban J connectivity index is 2.45. The van der Waals surface area contributed by atoms with Crippen LogP contribution in [-0.4, -0.2) is 63.8 Å². The molecule has 0 aromatic rings. The maximum absolute atomic E-state index is 5.32. The number of nitrogens with zero attached hydrogens (tertiary/aromatic N) is 2. The van der Waals surface area contributed by atoms with Gasteiger partial charge in [-0.3, -0.25) is 4.99 Å². The topological polar surface area (TPSA) is 48.9 Å². The summed E-state index contributed by atoms with van der Waals surface area (Å²) in [7, 11) is 1.80. The Morgan fingerprint density at radius 3 is 2.42 bits per heavy atom. The van der Waals surface area contributed by atoms with Gasteiger partial charge in [0.1, 0.15) is 0 Å². The van der Waals surface area contributed by atoms with Crippen molar-refractivity contribution in [1.29, 1.82) is 0 Å². The molecule has 0 saturated heterocycles. The molecule has 24 heavy (non-hydrogen) atoms. The normalized spacial score (nSPS) is 17.5. The number of guanidine groups is 1. The molecule has 0 bridgehead atoms. The first-order valence-electron chi connectivity index (χ1n) is 9.93. The third kappa shape index (κ3) is 7.84. The quantitative estimate of drug-likeness (QED) is 0.326. The van der Waals surface area contributed by atoms with Gasteiger partial charge in [0.15, 0.2) is 5.96 Å². The second-order valence-electron chi connectivity index (χ2n) is 6.95. The van der Waals surface area contributed by atoms with Crippen LogP contribution < -0.4 is 10.6 Å². The minimum atomic E-state index is 0.361. The molecule has 1 rings (SSSR count). The van der Waals surface area contributed by atoms with Crippen LogP contribution in [0, 0.1) is 5.41 Å². The Morgan fingerprint density at radius 1 is 1.12 bits per heavy atom. The molecule has 5 heteroatoms. The third-order valence-electron chi connectivity index (χ3n) is 5.26. The zero-order valence-electron chi connectivity index (χ0n) is 16.5. The number of hydrogen-bond donors (Lipinski definition) is 2. The molecule has 0 aliphatic heterocycles. The molecule has 5 nitrogen and oxygen atoms in total. The largest absolute Gasteiger partial charge is 0.385 e. The van der Waals surface area contributed by atoms with Crippen molar-refractivity contribution in [3.05, 3.63) is 0 Å². The molecule has 0 aromatic carbocycles. The zero-order chi connectivity index (χ0) is 17.7. The van der Waals surface area contributed by atoms with E-state index in [0.29, 0.717) is 5.41 Å². The van der Waals surface area contributed by atoms with Gasteiger partial charge in [-0.15, -0.1) is 0 Å². The number of hydrogen-bond acceptors (Lipinski definition) is 3. The monoisotopic (exact) mass is 340 g/mol. The molecule has 0 amide bonds. The molecule has 142 valence electrons. The number of ether oxygens (including phenoxy) is 1. The van der Waals surface area contributed by atoms with Gasteiger partial charge in [-0.05, 0) is 57.7 Å². The molecule has 1 saturated carbocycles. The van der Waals surface area contributed by atoms with Gasteiger partial charge in [-0.1, -0.05) is 26.7 Å². The molecule has 0 radical (unpaired) electrons. The van der Waals surface area contributed by atoms with Gasteiger partial charge in [-0.25, -0.2) is 0 Å². The van der Waals surface area contributed by atoms with E-state index in [1.807, 2.05) is 0 Å². The van der Waals surface area contributed by atoms with E-state index in [1.54, 1.807) is 7.11 Å². The maximum Gasteiger partial charge on any atom is 0.191 e. The van der Waals surface area contributed by atoms with Crippen molar-refractivity contribution in [3.63, 3.8) is 0 Å². The van der Waals surface area contributed by atoms with E-state index < -0.39 is 0 Å². The van der Waals surface area contributed by atoms with Gasteiger partial charge < -0.3 is 20.3 Å². The van der Waals surface area contributed by atoms with E-state index in [-0.39, 0.29) is 0 Å². The second kappa shape index (κ2) is 12.5. The third-order valence-corrected chi connectivity index (χ3v) is 5.26. The predicted molar refractivity (Wildman–Crippen MR) is 104 cm³/mol. The van der Waals surface area contributed by atoms with Gasteiger partial charge in [0.25, 0.3) is 0 Å². The van der Waals surface area contributed by atoms with E-state index in [4.69, 9.17) is 9.73 Å². The highest BCUT2D eigenvalue weighted by atomic mass is 16.5. The molecule has 0 atom stereocenters. The van der Waals surface area contributed by atoms with E-state index in [1.165, 1.54) is 25.7 Å². The SMILES string of the molecule is CCNC(=NCC1(CCOC)CCCC1)NCCCN(CC)CC. The smallest absolute Gasteiger partial charge is 0.191 e. The summed E-state index contributed by atoms with van der Waals surface area (Å²) in [6.07, 6.45) is 7.55. The van der Waals surface area contributed by atoms with Crippen molar-refractivity contribution in [2.45, 2.75) is 59.3 Å². The summed E-state index contributed by atoms with van der Waals surface area (Å²) in [5.41, 5.74) is 0.361. The Bertz CT molecular complexity index is 336. The standard InChI is InChI=1S/C19H40N4O/c1-5-20-18(21-14-10-15-23(6-2)7-3)22-17-19(13-16-24-4)11-8-9-12-19/h5-17H2,1-4H3,(H2,20,21,22). The molecule has 1 aliphatic rings. The van der Waals surface area contributed by atoms with E-state index >= 15 is 0 Å². The first-order valence-corrected chi connectivity index (χ1v) is 9.93. The molecule has 0 spiro atoms. The predicted octanol–water partition coefficient (Wildman–Crippen LogP) is 2.87. The van der Waals surface area contributed by atoms with E-state index in [9.17, 15) is 0 Å². The van der Waals surface area contributed by atoms with Gasteiger partial charge in [0, 0.05) is 33.4 Å². The highest BCUT2D eigenvalue weighted by Crippen LogP contribution is 2.41. The van der Waals surface area contributed by atoms with Crippen molar-refractivity contribution >= 4 is 5.96 Å². The Hall–Kier alpha value is -0.810. The fraction of sp³-hybridized carbons (Fsp3) is 0.947. The average Bonchev–Trinajstić information content (AvgIpc) is 3.07. The zero-order valence-corrected chi connectivity index (χ0v) is 16.5. The summed E-state index contributed by atoms with van der Waals surface area (Å²) in [4.78, 5) is 7.37. The van der Waals surface area contributed by atoms with Crippen molar-refractivity contribution in [1.82, 2.24) is 15.5 Å². The summed E-state index contributed by atoms with van der Waals surface area (Å²) in [5, 5.41) is 6.89. The Labute approximate surface area is 149 Å². The minimum absolute atomic E-state index is 0.361. The summed E-state index contributed by atoms with van der Waals surface area (Å²) in [6.45, 7) is 13.7. The lowest BCUT2D eigenvalue weighted by molar-refractivity contribution is 0.141. The van der Waals surface area contributed by atoms with E-state index in [0.717, 1.165) is 64.7 Å². The molecular formula is C19H40N4O. The number of rotatable bonds is 12. The van der Waals surface area contributed by atoms with Crippen LogP contribution in [0.25, 0.3) is 0 Å². The molecule has 0 heterocycles. The van der Waals surface area contributed by atoms with Crippen molar-refractivity contribution in [2.24, 2.45) is 10.4 Å². The van der Waals surface area contributed by atoms with Gasteiger partial charge in [-0.2, -0.15) is 0 Å². The van der Waals surface area contributed by atoms with Crippen molar-refractivity contribution in [3.8, 4) is 0 Å². The highest BCUT2D eigenvalue weighted by Gasteiger charge is 2.33. The summed E-state index contributed by atoms with van der Waals surface area (Å²) in [6, 6.07) is 0. The first-order chi connectivity index (χ1) is 11.7. The van der Waals surface area contributed by atoms with Crippen LogP contribution in [0.15, 0.2) is 4.99 Å². The molecule has 1 aliphatic carbocycles. The first kappa shape index (κ1) is 21.2. The number of methoxy groups -OCH3 is 1. The fourth-order valence-electron chi connectivity index (χ4n) is 3.57. The maximum atomic E-state index is 5.32. The fourth-order valence-corrected chi connectivity index (χ4v) is 3.57. The molecule has 2 N–H and O–H groups in total. The van der Waals surface area contributed by atoms with Gasteiger partial charge >= 0.3 is 0 Å². The van der Waals surface area contributed by atoms with Crippen LogP contribution in [0.3, 0.4) is 0 Å². The lowest BCUT2D eigenvalue weighted by Gasteiger charge is -2.27. The molecular weight excluding hydrogens is 300 g/mol. The minimum Gasteiger partial charge on any atom is -0.385 e. The lowest BCUT2D eigenvalue weighted by Crippen LogP contribution is -2.39. The van der Waals surface area contributed by atoms with Crippen LogP contribution in [0.1, 0.15) is 59.3 Å². The molecule has 1 fully saturated rings. The van der Waals surface area contributed by atoms with Gasteiger partial charge in [0.05, 0.1) is 0 Å². The van der Waals surface area contributed by atoms with Crippen LogP contribution in [0.2, 0.25) is 0 Å². The number of aliphatic imine (C=N–C) groups is 1. The Morgan fingerprint density at radius 2 is 1.83 bits per heavy atom. The van der Waals surface area contributed by atoms with Crippen molar-refractivity contribution in [2.75, 3.05) is 53.0 Å². The van der Waals surface area contributed by atoms with Crippen LogP contribution >= 0.6 is 0 Å². The van der Waals surface area contributed by atoms with Gasteiger partial charge in [0.2, 0.25) is 0 Å². The van der Waals surface area contributed by atoms with Crippen molar-refractivity contribution < 1.29 is 4.74 Å². The lowest BCUT2D eigenvalue weighted by atomic mass is 9.83. The second-order valence-corrected chi connectivity index (χ2v) is 6.95. The average molecular weight is 341 g/mol. The molecule has 0 aromatic heterocycles.